The van der Waals surface area contributed by atoms with Gasteiger partial charge < -0.3 is 15.5 Å². The normalized spacial score (nSPS) is 15.9. The molecule has 5 nitrogen and oxygen atoms in total. The van der Waals surface area contributed by atoms with Crippen LogP contribution in [0.3, 0.4) is 0 Å². The van der Waals surface area contributed by atoms with Crippen molar-refractivity contribution in [2.45, 2.75) is 18.9 Å². The first-order valence-electron chi connectivity index (χ1n) is 5.62. The Balaban J connectivity index is 2.22. The maximum Gasteiger partial charge on any atom is 0.326 e. The van der Waals surface area contributed by atoms with Crippen LogP contribution in [0.15, 0.2) is 12.1 Å². The summed E-state index contributed by atoms with van der Waals surface area (Å²) in [6.45, 7) is 0. The van der Waals surface area contributed by atoms with E-state index in [2.05, 4.69) is 5.32 Å². The van der Waals surface area contributed by atoms with Gasteiger partial charge in [-0.1, -0.05) is 0 Å². The number of amides is 1. The van der Waals surface area contributed by atoms with Gasteiger partial charge >= 0.3 is 5.97 Å². The molecule has 0 bridgehead atoms. The molecule has 1 saturated carbocycles. The molecule has 1 aromatic rings. The van der Waals surface area contributed by atoms with E-state index in [1.807, 2.05) is 45.2 Å². The van der Waals surface area contributed by atoms with Crippen LogP contribution in [0, 0.1) is 13.1 Å². The molecule has 1 amide bonds. The van der Waals surface area contributed by atoms with Crippen LogP contribution in [-0.2, 0) is 4.79 Å². The molecular formula is C12H11I2NO4. The lowest BCUT2D eigenvalue weighted by Crippen LogP contribution is -2.42. The standard InChI is InChI=1S/C12H11I2NO4/c13-6-3-7(10(16)8(14)4-6)11(17)15-9(12(18)19)5-1-2-5/h3-5,9,16H,1-2H2,(H,15,17)(H,18,19). The summed E-state index contributed by atoms with van der Waals surface area (Å²) >= 11 is 3.97. The van der Waals surface area contributed by atoms with E-state index in [4.69, 9.17) is 5.11 Å². The Morgan fingerprint density at radius 3 is 2.47 bits per heavy atom. The molecule has 1 aliphatic carbocycles. The summed E-state index contributed by atoms with van der Waals surface area (Å²) in [5.74, 6) is -1.69. The van der Waals surface area contributed by atoms with Crippen molar-refractivity contribution in [3.05, 3.63) is 24.8 Å². The average molecular weight is 487 g/mol. The highest BCUT2D eigenvalue weighted by Gasteiger charge is 2.37. The topological polar surface area (TPSA) is 86.6 Å². The van der Waals surface area contributed by atoms with Crippen molar-refractivity contribution in [1.29, 1.82) is 0 Å². The Labute approximate surface area is 137 Å². The molecule has 7 heteroatoms. The third-order valence-corrected chi connectivity index (χ3v) is 4.36. The van der Waals surface area contributed by atoms with Gasteiger partial charge in [-0.2, -0.15) is 0 Å². The van der Waals surface area contributed by atoms with Crippen LogP contribution in [-0.4, -0.2) is 28.1 Å². The summed E-state index contributed by atoms with van der Waals surface area (Å²) in [5.41, 5.74) is 0.114. The molecule has 3 N–H and O–H groups in total. The van der Waals surface area contributed by atoms with Crippen LogP contribution < -0.4 is 5.32 Å². The Bertz CT molecular complexity index is 543. The molecule has 1 unspecified atom stereocenters. The molecule has 102 valence electrons. The Morgan fingerprint density at radius 1 is 1.32 bits per heavy atom. The maximum atomic E-state index is 12.1. The number of halogens is 2. The number of hydrogen-bond donors (Lipinski definition) is 3. The number of hydrogen-bond acceptors (Lipinski definition) is 3. The SMILES string of the molecule is O=C(NC(C(=O)O)C1CC1)c1cc(I)cc(I)c1O. The van der Waals surface area contributed by atoms with Gasteiger partial charge in [0.2, 0.25) is 0 Å². The molecule has 1 fully saturated rings. The van der Waals surface area contributed by atoms with Crippen molar-refractivity contribution in [3.8, 4) is 5.75 Å². The molecule has 1 atom stereocenters. The van der Waals surface area contributed by atoms with Crippen molar-refractivity contribution in [2.75, 3.05) is 0 Å². The third-order valence-electron chi connectivity index (χ3n) is 2.92. The first-order chi connectivity index (χ1) is 8.90. The molecular weight excluding hydrogens is 476 g/mol. The number of aromatic hydroxyl groups is 1. The molecule has 19 heavy (non-hydrogen) atoms. The number of aliphatic carboxylic acids is 1. The minimum atomic E-state index is -1.03. The minimum absolute atomic E-state index is 0.00505. The Morgan fingerprint density at radius 2 is 1.95 bits per heavy atom. The average Bonchev–Trinajstić information content (AvgIpc) is 3.14. The van der Waals surface area contributed by atoms with Crippen LogP contribution in [0.25, 0.3) is 0 Å². The highest BCUT2D eigenvalue weighted by molar-refractivity contribution is 14.1. The molecule has 0 saturated heterocycles. The fourth-order valence-electron chi connectivity index (χ4n) is 1.77. The van der Waals surface area contributed by atoms with E-state index >= 15 is 0 Å². The monoisotopic (exact) mass is 487 g/mol. The summed E-state index contributed by atoms with van der Waals surface area (Å²) in [6, 6.07) is 2.41. The van der Waals surface area contributed by atoms with E-state index in [0.717, 1.165) is 16.4 Å². The molecule has 2 rings (SSSR count). The number of rotatable bonds is 4. The van der Waals surface area contributed by atoms with Gasteiger partial charge in [0.1, 0.15) is 11.8 Å². The zero-order valence-electron chi connectivity index (χ0n) is 9.69. The number of phenolic OH excluding ortho intramolecular Hbond substituents is 1. The maximum absolute atomic E-state index is 12.1. The first kappa shape index (κ1) is 14.8. The van der Waals surface area contributed by atoms with Crippen molar-refractivity contribution >= 4 is 57.1 Å². The minimum Gasteiger partial charge on any atom is -0.506 e. The largest absolute Gasteiger partial charge is 0.506 e. The van der Waals surface area contributed by atoms with E-state index < -0.39 is 17.9 Å². The van der Waals surface area contributed by atoms with E-state index in [0.29, 0.717) is 3.57 Å². The van der Waals surface area contributed by atoms with Crippen LogP contribution in [0.2, 0.25) is 0 Å². The van der Waals surface area contributed by atoms with E-state index in [9.17, 15) is 14.7 Å². The predicted octanol–water partition coefficient (Wildman–Crippen LogP) is 2.19. The summed E-state index contributed by atoms with van der Waals surface area (Å²) in [6.07, 6.45) is 1.63. The van der Waals surface area contributed by atoms with Gasteiger partial charge in [0, 0.05) is 3.57 Å². The zero-order chi connectivity index (χ0) is 14.2. The van der Waals surface area contributed by atoms with Crippen LogP contribution >= 0.6 is 45.2 Å². The van der Waals surface area contributed by atoms with Crippen LogP contribution in [0.4, 0.5) is 0 Å². The second-order valence-electron chi connectivity index (χ2n) is 4.41. The Kier molecular flexibility index (Phi) is 4.54. The van der Waals surface area contributed by atoms with Gasteiger partial charge in [0.05, 0.1) is 9.13 Å². The van der Waals surface area contributed by atoms with Gasteiger partial charge in [-0.05, 0) is 76.1 Å². The van der Waals surface area contributed by atoms with Crippen molar-refractivity contribution < 1.29 is 19.8 Å². The molecule has 0 heterocycles. The smallest absolute Gasteiger partial charge is 0.326 e. The molecule has 1 aromatic carbocycles. The van der Waals surface area contributed by atoms with E-state index in [1.165, 1.54) is 0 Å². The fraction of sp³-hybridized carbons (Fsp3) is 0.333. The van der Waals surface area contributed by atoms with Crippen molar-refractivity contribution in [2.24, 2.45) is 5.92 Å². The number of carboxylic acids is 1. The fourth-order valence-corrected chi connectivity index (χ4v) is 3.61. The number of carbonyl (C=O) groups excluding carboxylic acids is 1. The summed E-state index contributed by atoms with van der Waals surface area (Å²) in [4.78, 5) is 23.2. The second-order valence-corrected chi connectivity index (χ2v) is 6.82. The third kappa shape index (κ3) is 3.50. The molecule has 1 aliphatic rings. The van der Waals surface area contributed by atoms with Gasteiger partial charge in [0.25, 0.3) is 5.91 Å². The predicted molar refractivity (Wildman–Crippen MR) is 85.2 cm³/mol. The molecule has 0 spiro atoms. The quantitative estimate of drug-likeness (QED) is 0.569. The lowest BCUT2D eigenvalue weighted by atomic mass is 10.1. The van der Waals surface area contributed by atoms with Gasteiger partial charge in [-0.15, -0.1) is 0 Å². The van der Waals surface area contributed by atoms with E-state index in [-0.39, 0.29) is 17.2 Å². The highest BCUT2D eigenvalue weighted by Crippen LogP contribution is 2.33. The second kappa shape index (κ2) is 5.81. The van der Waals surface area contributed by atoms with Crippen molar-refractivity contribution in [3.63, 3.8) is 0 Å². The zero-order valence-corrected chi connectivity index (χ0v) is 14.0. The number of nitrogens with one attached hydrogen (secondary N) is 1. The number of phenols is 1. The van der Waals surface area contributed by atoms with Gasteiger partial charge in [0.15, 0.2) is 0 Å². The first-order valence-corrected chi connectivity index (χ1v) is 7.77. The number of benzene rings is 1. The lowest BCUT2D eigenvalue weighted by molar-refractivity contribution is -0.139. The lowest BCUT2D eigenvalue weighted by Gasteiger charge is -2.14. The summed E-state index contributed by atoms with van der Waals surface area (Å²) in [5, 5.41) is 21.4. The summed E-state index contributed by atoms with van der Waals surface area (Å²) < 4.78 is 1.37. The van der Waals surface area contributed by atoms with E-state index in [1.54, 1.807) is 12.1 Å². The summed E-state index contributed by atoms with van der Waals surface area (Å²) in [7, 11) is 0. The van der Waals surface area contributed by atoms with Crippen LogP contribution in [0.5, 0.6) is 5.75 Å². The Hall–Kier alpha value is -0.580. The highest BCUT2D eigenvalue weighted by atomic mass is 127. The van der Waals surface area contributed by atoms with Crippen molar-refractivity contribution in [1.82, 2.24) is 5.32 Å². The van der Waals surface area contributed by atoms with Gasteiger partial charge in [-0.25, -0.2) is 4.79 Å². The molecule has 0 aliphatic heterocycles. The number of carbonyl (C=O) groups is 2. The van der Waals surface area contributed by atoms with Gasteiger partial charge in [-0.3, -0.25) is 4.79 Å². The molecule has 0 radical (unpaired) electrons. The van der Waals surface area contributed by atoms with Crippen LogP contribution in [0.1, 0.15) is 23.2 Å². The molecule has 0 aromatic heterocycles. The number of carboxylic acid groups (broad SMARTS) is 1.